The van der Waals surface area contributed by atoms with E-state index < -0.39 is 17.4 Å². The molecule has 0 amide bonds. The third-order valence-corrected chi connectivity index (χ3v) is 5.71. The van der Waals surface area contributed by atoms with Crippen LogP contribution in [0.25, 0.3) is 0 Å². The molecule has 2 aliphatic rings. The van der Waals surface area contributed by atoms with Crippen LogP contribution in [-0.2, 0) is 25.7 Å². The van der Waals surface area contributed by atoms with Crippen LogP contribution in [0.5, 0.6) is 0 Å². The lowest BCUT2D eigenvalue weighted by molar-refractivity contribution is -0.141. The van der Waals surface area contributed by atoms with Crippen molar-refractivity contribution in [1.82, 2.24) is 24.4 Å². The lowest BCUT2D eigenvalue weighted by Gasteiger charge is -2.35. The number of hydrogen-bond acceptors (Lipinski definition) is 6. The molecule has 2 aliphatic heterocycles. The van der Waals surface area contributed by atoms with E-state index in [2.05, 4.69) is 31.8 Å². The Kier molecular flexibility index (Phi) is 5.28. The fraction of sp³-hybridized carbons (Fsp3) is 0.579. The van der Waals surface area contributed by atoms with E-state index in [9.17, 15) is 18.0 Å². The molecule has 0 unspecified atom stereocenters. The van der Waals surface area contributed by atoms with E-state index in [1.807, 2.05) is 0 Å². The molecular weight excluding hydrogens is 385 g/mol. The summed E-state index contributed by atoms with van der Waals surface area (Å²) in [7, 11) is 2.09. The van der Waals surface area contributed by atoms with Crippen LogP contribution in [0.4, 0.5) is 19.0 Å². The maximum absolute atomic E-state index is 12.7. The second-order valence-electron chi connectivity index (χ2n) is 7.80. The predicted molar refractivity (Wildman–Crippen MR) is 101 cm³/mol. The predicted octanol–water partition coefficient (Wildman–Crippen LogP) is 1.96. The molecule has 4 heterocycles. The number of alkyl halides is 3. The Balaban J connectivity index is 1.42. The maximum Gasteiger partial charge on any atom is 0.433 e. The highest BCUT2D eigenvalue weighted by molar-refractivity contribution is 5.49. The van der Waals surface area contributed by atoms with Crippen LogP contribution in [-0.4, -0.2) is 51.1 Å². The Labute approximate surface area is 166 Å². The zero-order chi connectivity index (χ0) is 20.6. The van der Waals surface area contributed by atoms with E-state index in [0.29, 0.717) is 12.6 Å². The van der Waals surface area contributed by atoms with Crippen molar-refractivity contribution in [1.29, 1.82) is 0 Å². The van der Waals surface area contributed by atoms with Crippen LogP contribution in [0.1, 0.15) is 29.8 Å². The topological polar surface area (TPSA) is 67.2 Å². The summed E-state index contributed by atoms with van der Waals surface area (Å²) in [6.45, 7) is 3.78. The molecule has 0 aliphatic carbocycles. The molecule has 7 nitrogen and oxygen atoms in total. The maximum atomic E-state index is 12.7. The standard InChI is InChI=1S/C19H23F3N6O/c1-26-5-4-15-14(10-26)18(24-11-23-15)27-6-2-13(3-7-27)9-28-12-25-16(8-17(28)29)19(20,21)22/h8,11-13H,2-7,9-10H2,1H3. The Morgan fingerprint density at radius 2 is 1.90 bits per heavy atom. The molecule has 2 aromatic heterocycles. The molecule has 0 saturated carbocycles. The van der Waals surface area contributed by atoms with Gasteiger partial charge in [-0.3, -0.25) is 9.36 Å². The molecule has 1 fully saturated rings. The van der Waals surface area contributed by atoms with Gasteiger partial charge in [0.25, 0.3) is 5.56 Å². The number of fused-ring (bicyclic) bond motifs is 1. The Morgan fingerprint density at radius 1 is 1.14 bits per heavy atom. The van der Waals surface area contributed by atoms with Crippen molar-refractivity contribution in [3.05, 3.63) is 46.0 Å². The molecule has 2 aromatic rings. The smallest absolute Gasteiger partial charge is 0.356 e. The molecule has 0 spiro atoms. The quantitative estimate of drug-likeness (QED) is 0.774. The largest absolute Gasteiger partial charge is 0.433 e. The molecule has 156 valence electrons. The third-order valence-electron chi connectivity index (χ3n) is 5.71. The van der Waals surface area contributed by atoms with Gasteiger partial charge < -0.3 is 9.80 Å². The van der Waals surface area contributed by atoms with E-state index >= 15 is 0 Å². The number of piperidine rings is 1. The van der Waals surface area contributed by atoms with E-state index in [1.165, 1.54) is 10.1 Å². The minimum atomic E-state index is -4.60. The van der Waals surface area contributed by atoms with Crippen molar-refractivity contribution in [2.45, 2.75) is 38.5 Å². The molecule has 4 rings (SSSR count). The van der Waals surface area contributed by atoms with Crippen molar-refractivity contribution in [3.63, 3.8) is 0 Å². The van der Waals surface area contributed by atoms with Crippen molar-refractivity contribution in [2.75, 3.05) is 31.6 Å². The highest BCUT2D eigenvalue weighted by Gasteiger charge is 2.33. The average molecular weight is 408 g/mol. The van der Waals surface area contributed by atoms with E-state index in [-0.39, 0.29) is 5.92 Å². The van der Waals surface area contributed by atoms with Crippen molar-refractivity contribution >= 4 is 5.82 Å². The van der Waals surface area contributed by atoms with Gasteiger partial charge in [0.1, 0.15) is 12.1 Å². The van der Waals surface area contributed by atoms with Gasteiger partial charge in [-0.1, -0.05) is 0 Å². The summed E-state index contributed by atoms with van der Waals surface area (Å²) in [5.41, 5.74) is 0.482. The van der Waals surface area contributed by atoms with E-state index in [1.54, 1.807) is 6.33 Å². The molecule has 0 aromatic carbocycles. The molecule has 0 bridgehead atoms. The van der Waals surface area contributed by atoms with Crippen LogP contribution in [0.3, 0.4) is 0 Å². The number of aromatic nitrogens is 4. The summed E-state index contributed by atoms with van der Waals surface area (Å²) < 4.78 is 39.3. The highest BCUT2D eigenvalue weighted by Crippen LogP contribution is 2.29. The summed E-state index contributed by atoms with van der Waals surface area (Å²) in [6.07, 6.45) is 0.618. The number of halogens is 3. The zero-order valence-electron chi connectivity index (χ0n) is 16.2. The van der Waals surface area contributed by atoms with E-state index in [4.69, 9.17) is 0 Å². The lowest BCUT2D eigenvalue weighted by atomic mass is 9.96. The molecule has 1 saturated heterocycles. The first kappa shape index (κ1) is 19.8. The van der Waals surface area contributed by atoms with Crippen LogP contribution in [0.2, 0.25) is 0 Å². The monoisotopic (exact) mass is 408 g/mol. The Morgan fingerprint density at radius 3 is 2.59 bits per heavy atom. The summed E-state index contributed by atoms with van der Waals surface area (Å²) in [4.78, 5) is 28.9. The second kappa shape index (κ2) is 7.74. The molecule has 0 radical (unpaired) electrons. The van der Waals surface area contributed by atoms with Crippen LogP contribution in [0, 0.1) is 5.92 Å². The minimum Gasteiger partial charge on any atom is -0.356 e. The van der Waals surface area contributed by atoms with Crippen molar-refractivity contribution in [2.24, 2.45) is 5.92 Å². The van der Waals surface area contributed by atoms with Gasteiger partial charge in [0, 0.05) is 50.8 Å². The Bertz CT molecular complexity index is 936. The third kappa shape index (κ3) is 4.26. The second-order valence-corrected chi connectivity index (χ2v) is 7.80. The number of likely N-dealkylation sites (N-methyl/N-ethyl adjacent to an activating group) is 1. The molecule has 0 atom stereocenters. The van der Waals surface area contributed by atoms with Crippen LogP contribution >= 0.6 is 0 Å². The van der Waals surface area contributed by atoms with Crippen LogP contribution in [0.15, 0.2) is 23.5 Å². The van der Waals surface area contributed by atoms with Gasteiger partial charge >= 0.3 is 6.18 Å². The Hall–Kier alpha value is -2.49. The van der Waals surface area contributed by atoms with Gasteiger partial charge in [-0.15, -0.1) is 0 Å². The van der Waals surface area contributed by atoms with Crippen molar-refractivity contribution in [3.8, 4) is 0 Å². The van der Waals surface area contributed by atoms with Gasteiger partial charge in [0.05, 0.1) is 12.0 Å². The van der Waals surface area contributed by atoms with Crippen molar-refractivity contribution < 1.29 is 13.2 Å². The van der Waals surface area contributed by atoms with Gasteiger partial charge in [-0.2, -0.15) is 13.2 Å². The SMILES string of the molecule is CN1CCc2ncnc(N3CCC(Cn4cnc(C(F)(F)F)cc4=O)CC3)c2C1. The number of nitrogens with zero attached hydrogens (tertiary/aromatic N) is 6. The number of hydrogen-bond donors (Lipinski definition) is 0. The highest BCUT2D eigenvalue weighted by atomic mass is 19.4. The van der Waals surface area contributed by atoms with Crippen LogP contribution < -0.4 is 10.5 Å². The van der Waals surface area contributed by atoms with E-state index in [0.717, 1.165) is 63.3 Å². The molecule has 10 heteroatoms. The fourth-order valence-corrected chi connectivity index (χ4v) is 4.06. The fourth-order valence-electron chi connectivity index (χ4n) is 4.06. The minimum absolute atomic E-state index is 0.211. The zero-order valence-corrected chi connectivity index (χ0v) is 16.2. The first-order valence-electron chi connectivity index (χ1n) is 9.71. The normalized spacial score (nSPS) is 18.7. The summed E-state index contributed by atoms with van der Waals surface area (Å²) in [5.74, 6) is 1.19. The molecule has 0 N–H and O–H groups in total. The average Bonchev–Trinajstić information content (AvgIpc) is 2.69. The molecular formula is C19H23F3N6O. The van der Waals surface area contributed by atoms with Gasteiger partial charge in [-0.25, -0.2) is 15.0 Å². The summed E-state index contributed by atoms with van der Waals surface area (Å²) in [5, 5.41) is 0. The first-order valence-corrected chi connectivity index (χ1v) is 9.71. The number of rotatable bonds is 3. The summed E-state index contributed by atoms with van der Waals surface area (Å²) >= 11 is 0. The van der Waals surface area contributed by atoms with Gasteiger partial charge in [0.15, 0.2) is 5.69 Å². The number of anilines is 1. The summed E-state index contributed by atoms with van der Waals surface area (Å²) in [6, 6.07) is 0.568. The van der Waals surface area contributed by atoms with Gasteiger partial charge in [0.2, 0.25) is 0 Å². The lowest BCUT2D eigenvalue weighted by Crippen LogP contribution is -2.39. The van der Waals surface area contributed by atoms with Gasteiger partial charge in [-0.05, 0) is 25.8 Å². The first-order chi connectivity index (χ1) is 13.8. The molecule has 29 heavy (non-hydrogen) atoms.